The highest BCUT2D eigenvalue weighted by Crippen LogP contribution is 2.15. The van der Waals surface area contributed by atoms with Crippen molar-refractivity contribution in [3.05, 3.63) is 29.8 Å². The van der Waals surface area contributed by atoms with E-state index in [-0.39, 0.29) is 0 Å². The van der Waals surface area contributed by atoms with Crippen LogP contribution in [0, 0.1) is 0 Å². The second-order valence-corrected chi connectivity index (χ2v) is 3.79. The minimum atomic E-state index is 0.831. The molecule has 0 saturated carbocycles. The van der Waals surface area contributed by atoms with Gasteiger partial charge in [-0.2, -0.15) is 0 Å². The fourth-order valence-electron chi connectivity index (χ4n) is 1.59. The topological polar surface area (TPSA) is 12.5 Å². The minimum Gasteiger partial charge on any atom is -0.385 e. The van der Waals surface area contributed by atoms with Crippen molar-refractivity contribution in [1.29, 1.82) is 0 Å². The Morgan fingerprint density at radius 1 is 1.33 bits per heavy atom. The number of rotatable bonds is 6. The van der Waals surface area contributed by atoms with E-state index in [0.29, 0.717) is 0 Å². The Hall–Kier alpha value is -1.02. The predicted octanol–water partition coefficient (Wildman–Crippen LogP) is 2.72. The number of benzene rings is 1. The smallest absolute Gasteiger partial charge is 0.0479 e. The van der Waals surface area contributed by atoms with E-state index >= 15 is 0 Å². The van der Waals surface area contributed by atoms with Crippen LogP contribution in [0.15, 0.2) is 24.3 Å². The van der Waals surface area contributed by atoms with Crippen molar-refractivity contribution in [1.82, 2.24) is 0 Å². The van der Waals surface area contributed by atoms with Gasteiger partial charge >= 0.3 is 0 Å². The van der Waals surface area contributed by atoms with E-state index in [9.17, 15) is 0 Å². The molecule has 0 aliphatic rings. The van der Waals surface area contributed by atoms with Gasteiger partial charge in [0.2, 0.25) is 0 Å². The second-order valence-electron chi connectivity index (χ2n) is 3.79. The van der Waals surface area contributed by atoms with Crippen LogP contribution in [0.5, 0.6) is 0 Å². The molecule has 0 unspecified atom stereocenters. The zero-order valence-corrected chi connectivity index (χ0v) is 9.99. The molecular weight excluding hydrogens is 186 g/mol. The molecule has 0 aromatic heterocycles. The van der Waals surface area contributed by atoms with Crippen molar-refractivity contribution in [3.8, 4) is 0 Å². The molecule has 0 spiro atoms. The lowest BCUT2D eigenvalue weighted by Gasteiger charge is -2.19. The zero-order chi connectivity index (χ0) is 11.1. The van der Waals surface area contributed by atoms with Gasteiger partial charge in [-0.15, -0.1) is 0 Å². The summed E-state index contributed by atoms with van der Waals surface area (Å²) < 4.78 is 5.05. The van der Waals surface area contributed by atoms with Gasteiger partial charge in [0.15, 0.2) is 0 Å². The maximum atomic E-state index is 5.05. The van der Waals surface area contributed by atoms with Crippen molar-refractivity contribution in [2.45, 2.75) is 19.8 Å². The summed E-state index contributed by atoms with van der Waals surface area (Å²) in [6.07, 6.45) is 2.17. The van der Waals surface area contributed by atoms with Gasteiger partial charge in [0.25, 0.3) is 0 Å². The van der Waals surface area contributed by atoms with E-state index in [2.05, 4.69) is 43.1 Å². The van der Waals surface area contributed by atoms with Crippen LogP contribution in [-0.2, 0) is 11.2 Å². The number of anilines is 1. The number of ether oxygens (including phenoxy) is 1. The van der Waals surface area contributed by atoms with Crippen molar-refractivity contribution >= 4 is 5.69 Å². The largest absolute Gasteiger partial charge is 0.385 e. The number of methoxy groups -OCH3 is 1. The average Bonchev–Trinajstić information content (AvgIpc) is 2.29. The van der Waals surface area contributed by atoms with Crippen LogP contribution in [0.2, 0.25) is 0 Å². The Bertz CT molecular complexity index is 286. The molecule has 2 nitrogen and oxygen atoms in total. The number of aryl methyl sites for hydroxylation is 1. The summed E-state index contributed by atoms with van der Waals surface area (Å²) in [7, 11) is 3.88. The van der Waals surface area contributed by atoms with E-state index in [1.807, 2.05) is 0 Å². The summed E-state index contributed by atoms with van der Waals surface area (Å²) in [6, 6.07) is 8.71. The third kappa shape index (κ3) is 3.92. The Morgan fingerprint density at radius 2 is 2.13 bits per heavy atom. The van der Waals surface area contributed by atoms with Crippen molar-refractivity contribution in [3.63, 3.8) is 0 Å². The zero-order valence-electron chi connectivity index (χ0n) is 9.99. The van der Waals surface area contributed by atoms with E-state index in [4.69, 9.17) is 4.74 Å². The molecule has 0 heterocycles. The maximum Gasteiger partial charge on any atom is 0.0479 e. The fraction of sp³-hybridized carbons (Fsp3) is 0.538. The van der Waals surface area contributed by atoms with Gasteiger partial charge in [-0.05, 0) is 30.5 Å². The predicted molar refractivity (Wildman–Crippen MR) is 65.6 cm³/mol. The molecule has 84 valence electrons. The van der Waals surface area contributed by atoms with Gasteiger partial charge in [-0.3, -0.25) is 0 Å². The quantitative estimate of drug-likeness (QED) is 0.665. The average molecular weight is 207 g/mol. The van der Waals surface area contributed by atoms with E-state index in [1.54, 1.807) is 7.11 Å². The molecule has 0 atom stereocenters. The van der Waals surface area contributed by atoms with Crippen LogP contribution in [0.3, 0.4) is 0 Å². The lowest BCUT2D eigenvalue weighted by atomic mass is 10.1. The van der Waals surface area contributed by atoms with Crippen LogP contribution >= 0.6 is 0 Å². The number of hydrogen-bond acceptors (Lipinski definition) is 2. The summed E-state index contributed by atoms with van der Waals surface area (Å²) >= 11 is 0. The monoisotopic (exact) mass is 207 g/mol. The second kappa shape index (κ2) is 6.46. The highest BCUT2D eigenvalue weighted by atomic mass is 16.5. The van der Waals surface area contributed by atoms with Crippen LogP contribution in [0.4, 0.5) is 5.69 Å². The molecule has 0 aliphatic heterocycles. The van der Waals surface area contributed by atoms with Crippen molar-refractivity contribution < 1.29 is 4.74 Å². The van der Waals surface area contributed by atoms with E-state index in [1.165, 1.54) is 11.3 Å². The first kappa shape index (κ1) is 12.1. The molecule has 0 fully saturated rings. The third-order valence-corrected chi connectivity index (χ3v) is 2.60. The molecule has 0 N–H and O–H groups in total. The molecule has 1 rings (SSSR count). The van der Waals surface area contributed by atoms with Gasteiger partial charge in [-0.25, -0.2) is 0 Å². The Labute approximate surface area is 92.9 Å². The molecule has 2 heteroatoms. The van der Waals surface area contributed by atoms with Crippen molar-refractivity contribution in [2.24, 2.45) is 0 Å². The number of nitrogens with zero attached hydrogens (tertiary/aromatic N) is 1. The van der Waals surface area contributed by atoms with Crippen molar-refractivity contribution in [2.75, 3.05) is 32.2 Å². The molecule has 0 aliphatic carbocycles. The Kier molecular flexibility index (Phi) is 5.19. The van der Waals surface area contributed by atoms with Crippen LogP contribution in [0.1, 0.15) is 18.9 Å². The summed E-state index contributed by atoms with van der Waals surface area (Å²) in [4.78, 5) is 2.28. The fourth-order valence-corrected chi connectivity index (χ4v) is 1.59. The summed E-state index contributed by atoms with van der Waals surface area (Å²) in [5, 5.41) is 0. The number of hydrogen-bond donors (Lipinski definition) is 0. The van der Waals surface area contributed by atoms with Gasteiger partial charge in [0, 0.05) is 33.0 Å². The molecule has 15 heavy (non-hydrogen) atoms. The molecule has 1 aromatic rings. The van der Waals surface area contributed by atoms with Gasteiger partial charge in [0.05, 0.1) is 0 Å². The first-order valence-corrected chi connectivity index (χ1v) is 5.57. The molecule has 0 amide bonds. The minimum absolute atomic E-state index is 0.831. The summed E-state index contributed by atoms with van der Waals surface area (Å²) in [5.74, 6) is 0. The van der Waals surface area contributed by atoms with E-state index < -0.39 is 0 Å². The highest BCUT2D eigenvalue weighted by molar-refractivity contribution is 5.47. The Balaban J connectivity index is 2.52. The lowest BCUT2D eigenvalue weighted by molar-refractivity contribution is 0.196. The summed E-state index contributed by atoms with van der Waals surface area (Å²) in [6.45, 7) is 4.06. The highest BCUT2D eigenvalue weighted by Gasteiger charge is 2.00. The summed E-state index contributed by atoms with van der Waals surface area (Å²) in [5.41, 5.74) is 2.69. The molecule has 0 radical (unpaired) electrons. The van der Waals surface area contributed by atoms with Gasteiger partial charge in [0.1, 0.15) is 0 Å². The molecule has 1 aromatic carbocycles. The van der Waals surface area contributed by atoms with Gasteiger partial charge in [-0.1, -0.05) is 19.1 Å². The Morgan fingerprint density at radius 3 is 2.80 bits per heavy atom. The standard InChI is InChI=1S/C13H21NO/c1-4-12-7-5-8-13(11-12)14(2)9-6-10-15-3/h5,7-8,11H,4,6,9-10H2,1-3H3. The van der Waals surface area contributed by atoms with Crippen LogP contribution in [-0.4, -0.2) is 27.3 Å². The lowest BCUT2D eigenvalue weighted by Crippen LogP contribution is -2.19. The molecule has 0 bridgehead atoms. The third-order valence-electron chi connectivity index (χ3n) is 2.60. The first-order chi connectivity index (χ1) is 7.27. The van der Waals surface area contributed by atoms with Crippen LogP contribution in [0.25, 0.3) is 0 Å². The van der Waals surface area contributed by atoms with E-state index in [0.717, 1.165) is 26.0 Å². The first-order valence-electron chi connectivity index (χ1n) is 5.57. The molecular formula is C13H21NO. The SMILES string of the molecule is CCc1cccc(N(C)CCCOC)c1. The molecule has 0 saturated heterocycles. The van der Waals surface area contributed by atoms with Crippen LogP contribution < -0.4 is 4.90 Å². The van der Waals surface area contributed by atoms with Gasteiger partial charge < -0.3 is 9.64 Å². The normalized spacial score (nSPS) is 10.3. The maximum absolute atomic E-state index is 5.05.